The minimum atomic E-state index is -4.42. The smallest absolute Gasteiger partial charge is 0.296 e. The highest BCUT2D eigenvalue weighted by molar-refractivity contribution is 7.86. The van der Waals surface area contributed by atoms with Crippen molar-refractivity contribution in [3.63, 3.8) is 0 Å². The molecule has 0 amide bonds. The molecule has 0 bridgehead atoms. The molecular weight excluding hydrogens is 280 g/mol. The van der Waals surface area contributed by atoms with Crippen molar-refractivity contribution in [1.82, 2.24) is 0 Å². The molecule has 0 heterocycles. The number of nitrogens with zero attached hydrogens (tertiary/aromatic N) is 2. The van der Waals surface area contributed by atoms with Crippen molar-refractivity contribution >= 4 is 32.9 Å². The van der Waals surface area contributed by atoms with Gasteiger partial charge < -0.3 is 11.5 Å². The molecule has 0 aliphatic carbocycles. The van der Waals surface area contributed by atoms with Crippen LogP contribution >= 0.6 is 0 Å². The van der Waals surface area contributed by atoms with Crippen LogP contribution in [-0.2, 0) is 10.1 Å². The number of rotatable bonds is 3. The van der Waals surface area contributed by atoms with Crippen LogP contribution in [0, 0.1) is 0 Å². The van der Waals surface area contributed by atoms with E-state index < -0.39 is 15.0 Å². The maximum absolute atomic E-state index is 11.2. The highest BCUT2D eigenvalue weighted by atomic mass is 32.2. The Balaban J connectivity index is 2.41. The van der Waals surface area contributed by atoms with Gasteiger partial charge in [-0.05, 0) is 42.5 Å². The van der Waals surface area contributed by atoms with E-state index in [4.69, 9.17) is 16.0 Å². The van der Waals surface area contributed by atoms with Crippen LogP contribution in [0.4, 0.5) is 22.7 Å². The lowest BCUT2D eigenvalue weighted by Gasteiger charge is -2.02. The van der Waals surface area contributed by atoms with Crippen LogP contribution < -0.4 is 11.5 Å². The van der Waals surface area contributed by atoms with Gasteiger partial charge in [0.15, 0.2) is 0 Å². The first-order chi connectivity index (χ1) is 9.36. The maximum Gasteiger partial charge on any atom is 0.296 e. The van der Waals surface area contributed by atoms with E-state index in [1.807, 2.05) is 0 Å². The zero-order valence-corrected chi connectivity index (χ0v) is 11.1. The molecule has 0 aliphatic heterocycles. The summed E-state index contributed by atoms with van der Waals surface area (Å²) in [5.41, 5.74) is 12.3. The molecule has 0 spiro atoms. The summed E-state index contributed by atoms with van der Waals surface area (Å²) in [6.45, 7) is 0. The molecule has 0 unspecified atom stereocenters. The highest BCUT2D eigenvalue weighted by Gasteiger charge is 2.15. The third-order valence-electron chi connectivity index (χ3n) is 2.43. The number of nitrogens with two attached hydrogens (primary N) is 2. The van der Waals surface area contributed by atoms with E-state index in [0.717, 1.165) is 6.07 Å². The van der Waals surface area contributed by atoms with Gasteiger partial charge in [0.05, 0.1) is 5.69 Å². The molecule has 0 fully saturated rings. The van der Waals surface area contributed by atoms with Crippen molar-refractivity contribution in [2.24, 2.45) is 10.2 Å². The van der Waals surface area contributed by atoms with Crippen LogP contribution in [0.3, 0.4) is 0 Å². The lowest BCUT2D eigenvalue weighted by atomic mass is 10.3. The molecule has 0 aromatic heterocycles. The number of nitrogen functional groups attached to an aromatic ring is 2. The number of azo groups is 1. The van der Waals surface area contributed by atoms with Gasteiger partial charge in [0.1, 0.15) is 10.6 Å². The van der Waals surface area contributed by atoms with Gasteiger partial charge >= 0.3 is 0 Å². The van der Waals surface area contributed by atoms with Crippen molar-refractivity contribution in [3.05, 3.63) is 42.5 Å². The van der Waals surface area contributed by atoms with Crippen LogP contribution in [0.1, 0.15) is 0 Å². The number of hydrogen-bond donors (Lipinski definition) is 3. The van der Waals surface area contributed by atoms with E-state index in [1.165, 1.54) is 12.1 Å². The topological polar surface area (TPSA) is 131 Å². The van der Waals surface area contributed by atoms with Crippen molar-refractivity contribution in [2.45, 2.75) is 4.90 Å². The van der Waals surface area contributed by atoms with E-state index >= 15 is 0 Å². The quantitative estimate of drug-likeness (QED) is 0.454. The maximum atomic E-state index is 11.2. The van der Waals surface area contributed by atoms with E-state index in [-0.39, 0.29) is 11.4 Å². The summed E-state index contributed by atoms with van der Waals surface area (Å²) in [7, 11) is -4.42. The predicted molar refractivity (Wildman–Crippen MR) is 75.7 cm³/mol. The van der Waals surface area contributed by atoms with Gasteiger partial charge in [-0.1, -0.05) is 0 Å². The Labute approximate surface area is 115 Å². The Hall–Kier alpha value is -2.45. The lowest BCUT2D eigenvalue weighted by molar-refractivity contribution is 0.483. The third kappa shape index (κ3) is 3.31. The molecule has 104 valence electrons. The molecule has 20 heavy (non-hydrogen) atoms. The summed E-state index contributed by atoms with van der Waals surface area (Å²) >= 11 is 0. The first kappa shape index (κ1) is 14.0. The van der Waals surface area contributed by atoms with Crippen molar-refractivity contribution in [1.29, 1.82) is 0 Å². The molecule has 5 N–H and O–H groups in total. The van der Waals surface area contributed by atoms with Crippen molar-refractivity contribution in [3.8, 4) is 0 Å². The van der Waals surface area contributed by atoms with E-state index in [0.29, 0.717) is 11.4 Å². The fraction of sp³-hybridized carbons (Fsp3) is 0. The Morgan fingerprint density at radius 3 is 2.10 bits per heavy atom. The average Bonchev–Trinajstić information content (AvgIpc) is 2.38. The SMILES string of the molecule is Nc1ccc(/N=N/c2ccc(N)cc2S(=O)(=O)O)cc1. The van der Waals surface area contributed by atoms with E-state index in [9.17, 15) is 8.42 Å². The Morgan fingerprint density at radius 2 is 1.50 bits per heavy atom. The molecule has 0 atom stereocenters. The van der Waals surface area contributed by atoms with Crippen LogP contribution in [0.5, 0.6) is 0 Å². The lowest BCUT2D eigenvalue weighted by Crippen LogP contribution is -1.99. The van der Waals surface area contributed by atoms with Gasteiger partial charge in [0.2, 0.25) is 0 Å². The largest absolute Gasteiger partial charge is 0.399 e. The minimum absolute atomic E-state index is 0.00137. The predicted octanol–water partition coefficient (Wildman–Crippen LogP) is 2.51. The molecule has 8 heteroatoms. The second-order valence-corrected chi connectivity index (χ2v) is 5.38. The minimum Gasteiger partial charge on any atom is -0.399 e. The van der Waals surface area contributed by atoms with E-state index in [2.05, 4.69) is 10.2 Å². The summed E-state index contributed by atoms with van der Waals surface area (Å²) in [6, 6.07) is 10.5. The second kappa shape index (κ2) is 5.27. The van der Waals surface area contributed by atoms with Gasteiger partial charge in [-0.2, -0.15) is 13.5 Å². The molecule has 2 aromatic rings. The van der Waals surface area contributed by atoms with Crippen LogP contribution in [-0.4, -0.2) is 13.0 Å². The summed E-state index contributed by atoms with van der Waals surface area (Å²) in [4.78, 5) is -0.392. The molecule has 2 rings (SSSR count). The molecule has 0 saturated heterocycles. The fourth-order valence-electron chi connectivity index (χ4n) is 1.47. The number of anilines is 2. The fourth-order valence-corrected chi connectivity index (χ4v) is 2.13. The van der Waals surface area contributed by atoms with Crippen LogP contribution in [0.2, 0.25) is 0 Å². The monoisotopic (exact) mass is 292 g/mol. The first-order valence-electron chi connectivity index (χ1n) is 5.50. The number of benzene rings is 2. The van der Waals surface area contributed by atoms with Crippen LogP contribution in [0.15, 0.2) is 57.6 Å². The van der Waals surface area contributed by atoms with Gasteiger partial charge in [-0.3, -0.25) is 4.55 Å². The second-order valence-electron chi connectivity index (χ2n) is 3.99. The average molecular weight is 292 g/mol. The molecule has 2 aromatic carbocycles. The molecule has 7 nitrogen and oxygen atoms in total. The van der Waals surface area contributed by atoms with Crippen molar-refractivity contribution < 1.29 is 13.0 Å². The molecule has 0 saturated carbocycles. The Kier molecular flexibility index (Phi) is 3.68. The highest BCUT2D eigenvalue weighted by Crippen LogP contribution is 2.28. The summed E-state index contributed by atoms with van der Waals surface area (Å²) in [5.74, 6) is 0. The van der Waals surface area contributed by atoms with Crippen molar-refractivity contribution in [2.75, 3.05) is 11.5 Å². The first-order valence-corrected chi connectivity index (χ1v) is 6.94. The zero-order chi connectivity index (χ0) is 14.8. The Morgan fingerprint density at radius 1 is 0.900 bits per heavy atom. The van der Waals surface area contributed by atoms with Crippen LogP contribution in [0.25, 0.3) is 0 Å². The molecule has 0 radical (unpaired) electrons. The normalized spacial score (nSPS) is 11.8. The zero-order valence-electron chi connectivity index (χ0n) is 10.3. The summed E-state index contributed by atoms with van der Waals surface area (Å²) < 4.78 is 31.6. The van der Waals surface area contributed by atoms with Gasteiger partial charge in [-0.15, -0.1) is 5.11 Å². The van der Waals surface area contributed by atoms with Gasteiger partial charge in [0.25, 0.3) is 10.1 Å². The molecule has 0 aliphatic rings. The number of hydrogen-bond acceptors (Lipinski definition) is 6. The molecular formula is C12H12N4O3S. The van der Waals surface area contributed by atoms with Gasteiger partial charge in [-0.25, -0.2) is 0 Å². The van der Waals surface area contributed by atoms with Gasteiger partial charge in [0, 0.05) is 11.4 Å². The standard InChI is InChI=1S/C12H12N4O3S/c13-8-1-4-10(5-2-8)15-16-11-6-3-9(14)7-12(11)20(17,18)19/h1-7H,13-14H2,(H,17,18,19)/b16-15+. The Bertz CT molecular complexity index is 755. The summed E-state index contributed by atoms with van der Waals surface area (Å²) in [6.07, 6.45) is 0. The third-order valence-corrected chi connectivity index (χ3v) is 3.31. The summed E-state index contributed by atoms with van der Waals surface area (Å²) in [5, 5.41) is 7.68. The van der Waals surface area contributed by atoms with E-state index in [1.54, 1.807) is 24.3 Å².